The van der Waals surface area contributed by atoms with Crippen LogP contribution < -0.4 is 0 Å². The average Bonchev–Trinajstić information content (AvgIpc) is 2.18. The quantitative estimate of drug-likeness (QED) is 0.660. The molecule has 1 heterocycles. The first-order chi connectivity index (χ1) is 6.26. The number of nitrogens with zero attached hydrogens (tertiary/aromatic N) is 1. The molecule has 78 valence electrons. The Balaban J connectivity index is 2.25. The first kappa shape index (κ1) is 10.9. The fourth-order valence-electron chi connectivity index (χ4n) is 1.49. The fourth-order valence-corrected chi connectivity index (χ4v) is 1.49. The third-order valence-electron chi connectivity index (χ3n) is 2.34. The summed E-state index contributed by atoms with van der Waals surface area (Å²) in [6.45, 7) is 5.52. The Bertz CT molecular complexity index is 141. The van der Waals surface area contributed by atoms with Gasteiger partial charge in [-0.2, -0.15) is 0 Å². The van der Waals surface area contributed by atoms with Crippen molar-refractivity contribution in [2.24, 2.45) is 0 Å². The van der Waals surface area contributed by atoms with Crippen LogP contribution in [-0.4, -0.2) is 62.2 Å². The van der Waals surface area contributed by atoms with Gasteiger partial charge < -0.3 is 14.6 Å². The Labute approximate surface area is 79.4 Å². The molecule has 1 aliphatic heterocycles. The Morgan fingerprint density at radius 2 is 2.46 bits per heavy atom. The summed E-state index contributed by atoms with van der Waals surface area (Å²) in [5.74, 6) is 0. The summed E-state index contributed by atoms with van der Waals surface area (Å²) in [7, 11) is 1.72. The summed E-state index contributed by atoms with van der Waals surface area (Å²) in [6.07, 6.45) is 0.232. The van der Waals surface area contributed by atoms with E-state index in [1.54, 1.807) is 7.11 Å². The second-order valence-electron chi connectivity index (χ2n) is 3.48. The molecule has 0 saturated carbocycles. The summed E-state index contributed by atoms with van der Waals surface area (Å²) in [6, 6.07) is 0. The van der Waals surface area contributed by atoms with E-state index in [1.165, 1.54) is 0 Å². The van der Waals surface area contributed by atoms with Gasteiger partial charge in [0, 0.05) is 26.7 Å². The van der Waals surface area contributed by atoms with Crippen molar-refractivity contribution < 1.29 is 14.6 Å². The van der Waals surface area contributed by atoms with Crippen LogP contribution in [0.25, 0.3) is 0 Å². The maximum absolute atomic E-state index is 8.92. The van der Waals surface area contributed by atoms with Gasteiger partial charge in [-0.25, -0.2) is 0 Å². The van der Waals surface area contributed by atoms with Gasteiger partial charge in [-0.05, 0) is 6.92 Å². The zero-order valence-electron chi connectivity index (χ0n) is 8.40. The van der Waals surface area contributed by atoms with Crippen molar-refractivity contribution in [2.75, 3.05) is 40.0 Å². The molecule has 1 saturated heterocycles. The monoisotopic (exact) mass is 189 g/mol. The van der Waals surface area contributed by atoms with E-state index in [0.29, 0.717) is 6.61 Å². The predicted octanol–water partition coefficient (Wildman–Crippen LogP) is -0.286. The van der Waals surface area contributed by atoms with Crippen molar-refractivity contribution in [3.05, 3.63) is 0 Å². The summed E-state index contributed by atoms with van der Waals surface area (Å²) >= 11 is 0. The third kappa shape index (κ3) is 3.60. The highest BCUT2D eigenvalue weighted by molar-refractivity contribution is 4.72. The smallest absolute Gasteiger partial charge is 0.0932 e. The van der Waals surface area contributed by atoms with Gasteiger partial charge in [-0.1, -0.05) is 0 Å². The normalized spacial score (nSPS) is 27.5. The summed E-state index contributed by atoms with van der Waals surface area (Å²) < 4.78 is 10.5. The van der Waals surface area contributed by atoms with Crippen molar-refractivity contribution in [2.45, 2.75) is 19.1 Å². The molecule has 0 aromatic carbocycles. The molecule has 0 aliphatic carbocycles. The molecule has 13 heavy (non-hydrogen) atoms. The molecular formula is C9H19NO3. The molecule has 0 amide bonds. The maximum atomic E-state index is 8.92. The van der Waals surface area contributed by atoms with Gasteiger partial charge in [-0.3, -0.25) is 4.90 Å². The van der Waals surface area contributed by atoms with Gasteiger partial charge >= 0.3 is 0 Å². The number of methoxy groups -OCH3 is 1. The van der Waals surface area contributed by atoms with E-state index in [9.17, 15) is 0 Å². The van der Waals surface area contributed by atoms with Crippen molar-refractivity contribution in [3.8, 4) is 0 Å². The molecule has 1 N–H and O–H groups in total. The van der Waals surface area contributed by atoms with Gasteiger partial charge in [0.2, 0.25) is 0 Å². The van der Waals surface area contributed by atoms with Crippen LogP contribution in [0.3, 0.4) is 0 Å². The molecule has 1 aliphatic rings. The maximum Gasteiger partial charge on any atom is 0.0932 e. The second-order valence-corrected chi connectivity index (χ2v) is 3.48. The summed E-state index contributed by atoms with van der Waals surface area (Å²) in [5, 5.41) is 8.92. The Morgan fingerprint density at radius 1 is 1.69 bits per heavy atom. The third-order valence-corrected chi connectivity index (χ3v) is 2.34. The lowest BCUT2D eigenvalue weighted by atomic mass is 10.2. The molecule has 1 rings (SSSR count). The number of hydrogen-bond donors (Lipinski definition) is 1. The molecule has 0 bridgehead atoms. The van der Waals surface area contributed by atoms with E-state index in [2.05, 4.69) is 4.90 Å². The molecule has 2 unspecified atom stereocenters. The minimum absolute atomic E-state index is 0.0159. The minimum atomic E-state index is -0.0159. The van der Waals surface area contributed by atoms with Crippen molar-refractivity contribution >= 4 is 0 Å². The average molecular weight is 189 g/mol. The number of aliphatic hydroxyl groups is 1. The van der Waals surface area contributed by atoms with E-state index in [0.717, 1.165) is 19.6 Å². The lowest BCUT2D eigenvalue weighted by Gasteiger charge is -2.33. The Morgan fingerprint density at radius 3 is 3.08 bits per heavy atom. The SMILES string of the molecule is COC(C)CN1CCOC(CO)C1. The molecule has 2 atom stereocenters. The molecule has 1 fully saturated rings. The van der Waals surface area contributed by atoms with Crippen LogP contribution in [0.5, 0.6) is 0 Å². The number of morpholine rings is 1. The van der Waals surface area contributed by atoms with E-state index in [1.807, 2.05) is 6.92 Å². The van der Waals surface area contributed by atoms with Crippen LogP contribution in [0.2, 0.25) is 0 Å². The van der Waals surface area contributed by atoms with Crippen molar-refractivity contribution in [1.82, 2.24) is 4.90 Å². The van der Waals surface area contributed by atoms with E-state index in [-0.39, 0.29) is 18.8 Å². The minimum Gasteiger partial charge on any atom is -0.394 e. The number of hydrogen-bond acceptors (Lipinski definition) is 4. The van der Waals surface area contributed by atoms with Crippen molar-refractivity contribution in [1.29, 1.82) is 0 Å². The molecule has 0 radical (unpaired) electrons. The van der Waals surface area contributed by atoms with Gasteiger partial charge in [-0.15, -0.1) is 0 Å². The zero-order chi connectivity index (χ0) is 9.68. The summed E-state index contributed by atoms with van der Waals surface area (Å²) in [4.78, 5) is 2.26. The molecule has 0 aromatic rings. The second kappa shape index (κ2) is 5.54. The Hall–Kier alpha value is -0.160. The predicted molar refractivity (Wildman–Crippen MR) is 49.7 cm³/mol. The zero-order valence-corrected chi connectivity index (χ0v) is 8.40. The van der Waals surface area contributed by atoms with Gasteiger partial charge in [0.25, 0.3) is 0 Å². The highest BCUT2D eigenvalue weighted by Crippen LogP contribution is 2.05. The lowest BCUT2D eigenvalue weighted by molar-refractivity contribution is -0.0631. The standard InChI is InChI=1S/C9H19NO3/c1-8(12-2)5-10-3-4-13-9(6-10)7-11/h8-9,11H,3-7H2,1-2H3. The van der Waals surface area contributed by atoms with Crippen molar-refractivity contribution in [3.63, 3.8) is 0 Å². The molecule has 0 aromatic heterocycles. The Kier molecular flexibility index (Phi) is 4.66. The largest absolute Gasteiger partial charge is 0.394 e. The highest BCUT2D eigenvalue weighted by Gasteiger charge is 2.20. The topological polar surface area (TPSA) is 41.9 Å². The van der Waals surface area contributed by atoms with Gasteiger partial charge in [0.15, 0.2) is 0 Å². The molecule has 4 heteroatoms. The molecule has 0 spiro atoms. The van der Waals surface area contributed by atoms with Crippen LogP contribution in [0.15, 0.2) is 0 Å². The van der Waals surface area contributed by atoms with Gasteiger partial charge in [0.05, 0.1) is 25.4 Å². The van der Waals surface area contributed by atoms with E-state index in [4.69, 9.17) is 14.6 Å². The lowest BCUT2D eigenvalue weighted by Crippen LogP contribution is -2.46. The number of aliphatic hydroxyl groups excluding tert-OH is 1. The highest BCUT2D eigenvalue weighted by atomic mass is 16.5. The first-order valence-electron chi connectivity index (χ1n) is 4.74. The number of rotatable bonds is 4. The number of ether oxygens (including phenoxy) is 2. The first-order valence-corrected chi connectivity index (χ1v) is 4.74. The van der Waals surface area contributed by atoms with Crippen LogP contribution in [0, 0.1) is 0 Å². The van der Waals surface area contributed by atoms with Crippen LogP contribution in [0.1, 0.15) is 6.92 Å². The van der Waals surface area contributed by atoms with E-state index >= 15 is 0 Å². The summed E-state index contributed by atoms with van der Waals surface area (Å²) in [5.41, 5.74) is 0. The van der Waals surface area contributed by atoms with E-state index < -0.39 is 0 Å². The van der Waals surface area contributed by atoms with Crippen LogP contribution >= 0.6 is 0 Å². The molecular weight excluding hydrogens is 170 g/mol. The van der Waals surface area contributed by atoms with Crippen LogP contribution in [-0.2, 0) is 9.47 Å². The van der Waals surface area contributed by atoms with Gasteiger partial charge in [0.1, 0.15) is 0 Å². The molecule has 4 nitrogen and oxygen atoms in total. The fraction of sp³-hybridized carbons (Fsp3) is 1.00. The van der Waals surface area contributed by atoms with Crippen LogP contribution in [0.4, 0.5) is 0 Å².